The number of hydrogen-bond donors (Lipinski definition) is 2. The van der Waals surface area contributed by atoms with Crippen molar-refractivity contribution < 1.29 is 18.3 Å². The van der Waals surface area contributed by atoms with Crippen molar-refractivity contribution in [2.75, 3.05) is 13.7 Å². The van der Waals surface area contributed by atoms with Crippen LogP contribution < -0.4 is 5.32 Å². The quantitative estimate of drug-likeness (QED) is 0.435. The minimum Gasteiger partial charge on any atom is -0.400 e. The highest BCUT2D eigenvalue weighted by Gasteiger charge is 2.37. The van der Waals surface area contributed by atoms with E-state index in [1.54, 1.807) is 18.2 Å². The van der Waals surface area contributed by atoms with Crippen LogP contribution in [0, 0.1) is 12.8 Å². The van der Waals surface area contributed by atoms with E-state index in [1.807, 2.05) is 74.4 Å². The Kier molecular flexibility index (Phi) is 9.75. The van der Waals surface area contributed by atoms with E-state index in [9.17, 15) is 13.2 Å². The van der Waals surface area contributed by atoms with Gasteiger partial charge in [-0.25, -0.2) is 0 Å². The first-order chi connectivity index (χ1) is 16.2. The summed E-state index contributed by atoms with van der Waals surface area (Å²) in [5.74, 6) is 0.174. The summed E-state index contributed by atoms with van der Waals surface area (Å²) in [6, 6.07) is 14.0. The summed E-state index contributed by atoms with van der Waals surface area (Å²) < 4.78 is 40.9. The van der Waals surface area contributed by atoms with Gasteiger partial charge < -0.3 is 15.3 Å². The first-order valence-electron chi connectivity index (χ1n) is 11.1. The van der Waals surface area contributed by atoms with Crippen LogP contribution in [0.1, 0.15) is 42.3 Å². The third-order valence-corrected chi connectivity index (χ3v) is 5.42. The van der Waals surface area contributed by atoms with Gasteiger partial charge in [0, 0.05) is 31.1 Å². The maximum Gasteiger partial charge on any atom is 0.416 e. The highest BCUT2D eigenvalue weighted by Crippen LogP contribution is 2.38. The number of alkyl halides is 3. The minimum absolute atomic E-state index is 0.174. The van der Waals surface area contributed by atoms with Gasteiger partial charge in [0.1, 0.15) is 6.17 Å². The fourth-order valence-electron chi connectivity index (χ4n) is 3.68. The summed E-state index contributed by atoms with van der Waals surface area (Å²) in [5, 5.41) is 10.3. The molecule has 0 spiro atoms. The zero-order valence-electron chi connectivity index (χ0n) is 20.1. The molecule has 0 saturated heterocycles. The van der Waals surface area contributed by atoms with E-state index in [-0.39, 0.29) is 11.5 Å². The SMILES string of the molecule is C=C/C=C(\C=C/CN1C=C(C(C)C)NC1c1ccccc1C(F)(F)F)c1ccc(C)cc1.CO. The lowest BCUT2D eigenvalue weighted by molar-refractivity contribution is -0.138. The average molecular weight is 471 g/mol. The summed E-state index contributed by atoms with van der Waals surface area (Å²) in [6.07, 6.45) is 4.55. The third-order valence-electron chi connectivity index (χ3n) is 5.42. The number of nitrogens with zero attached hydrogens (tertiary/aromatic N) is 1. The molecule has 1 unspecified atom stereocenters. The molecular weight excluding hydrogens is 437 g/mol. The Bertz CT molecular complexity index is 1030. The molecule has 0 aliphatic carbocycles. The van der Waals surface area contributed by atoms with Crippen LogP contribution in [-0.4, -0.2) is 23.7 Å². The fraction of sp³-hybridized carbons (Fsp3) is 0.286. The molecule has 3 rings (SSSR count). The van der Waals surface area contributed by atoms with Crippen molar-refractivity contribution >= 4 is 5.57 Å². The summed E-state index contributed by atoms with van der Waals surface area (Å²) in [4.78, 5) is 1.91. The van der Waals surface area contributed by atoms with Crippen LogP contribution >= 0.6 is 0 Å². The largest absolute Gasteiger partial charge is 0.416 e. The zero-order valence-corrected chi connectivity index (χ0v) is 20.1. The molecule has 34 heavy (non-hydrogen) atoms. The third kappa shape index (κ3) is 6.87. The van der Waals surface area contributed by atoms with Crippen LogP contribution in [0.5, 0.6) is 0 Å². The normalized spacial score (nSPS) is 16.3. The molecule has 182 valence electrons. The number of aryl methyl sites for hydroxylation is 1. The van der Waals surface area contributed by atoms with E-state index in [1.165, 1.54) is 11.6 Å². The van der Waals surface area contributed by atoms with Gasteiger partial charge in [0.05, 0.1) is 5.56 Å². The Morgan fingerprint density at radius 1 is 1.12 bits per heavy atom. The minimum atomic E-state index is -4.41. The number of aliphatic hydroxyl groups excluding tert-OH is 1. The Balaban J connectivity index is 0.00000199. The van der Waals surface area contributed by atoms with Gasteiger partial charge in [-0.05, 0) is 30.0 Å². The van der Waals surface area contributed by atoms with E-state index in [2.05, 4.69) is 11.9 Å². The summed E-state index contributed by atoms with van der Waals surface area (Å²) in [5.41, 5.74) is 3.76. The number of nitrogens with one attached hydrogen (secondary N) is 1. The van der Waals surface area contributed by atoms with Crippen LogP contribution in [-0.2, 0) is 6.18 Å². The predicted octanol–water partition coefficient (Wildman–Crippen LogP) is 6.85. The standard InChI is InChI=1S/C27H29F3N2.CH4O/c1-5-9-21(22-15-13-20(4)14-16-22)10-8-17-32-18-25(19(2)3)31-26(32)23-11-6-7-12-24(23)27(28,29)30;1-2/h5-16,18-19,26,31H,1,17H2,2-4H3;2H,1H3/b10-8-,21-9+;. The first-order valence-corrected chi connectivity index (χ1v) is 11.1. The van der Waals surface area contributed by atoms with Crippen molar-refractivity contribution in [1.29, 1.82) is 0 Å². The van der Waals surface area contributed by atoms with Gasteiger partial charge in [-0.1, -0.05) is 92.8 Å². The van der Waals surface area contributed by atoms with Gasteiger partial charge >= 0.3 is 6.18 Å². The van der Waals surface area contributed by atoms with E-state index in [0.29, 0.717) is 6.54 Å². The van der Waals surface area contributed by atoms with E-state index >= 15 is 0 Å². The highest BCUT2D eigenvalue weighted by atomic mass is 19.4. The molecule has 1 aliphatic rings. The van der Waals surface area contributed by atoms with Gasteiger partial charge in [0.15, 0.2) is 0 Å². The lowest BCUT2D eigenvalue weighted by atomic mass is 10.0. The number of rotatable bonds is 7. The molecule has 2 aromatic carbocycles. The molecule has 0 bridgehead atoms. The average Bonchev–Trinajstić information content (AvgIpc) is 3.24. The van der Waals surface area contributed by atoms with Crippen LogP contribution in [0.3, 0.4) is 0 Å². The lowest BCUT2D eigenvalue weighted by Crippen LogP contribution is -2.30. The molecule has 0 radical (unpaired) electrons. The second-order valence-corrected chi connectivity index (χ2v) is 8.19. The molecule has 2 N–H and O–H groups in total. The molecule has 2 aromatic rings. The molecule has 1 aliphatic heterocycles. The van der Waals surface area contributed by atoms with E-state index < -0.39 is 17.9 Å². The van der Waals surface area contributed by atoms with Crippen LogP contribution in [0.25, 0.3) is 5.57 Å². The lowest BCUT2D eigenvalue weighted by Gasteiger charge is -2.27. The topological polar surface area (TPSA) is 35.5 Å². The monoisotopic (exact) mass is 470 g/mol. The Labute approximate surface area is 200 Å². The van der Waals surface area contributed by atoms with Crippen molar-refractivity contribution in [3.8, 4) is 0 Å². The van der Waals surface area contributed by atoms with E-state index in [4.69, 9.17) is 5.11 Å². The van der Waals surface area contributed by atoms with Crippen molar-refractivity contribution in [3.05, 3.63) is 114 Å². The van der Waals surface area contributed by atoms with Crippen molar-refractivity contribution in [2.24, 2.45) is 5.92 Å². The van der Waals surface area contributed by atoms with Crippen molar-refractivity contribution in [3.63, 3.8) is 0 Å². The number of allylic oxidation sites excluding steroid dienone is 5. The van der Waals surface area contributed by atoms with E-state index in [0.717, 1.165) is 30.0 Å². The van der Waals surface area contributed by atoms with Crippen LogP contribution in [0.2, 0.25) is 0 Å². The molecular formula is C28H33F3N2O. The molecule has 6 heteroatoms. The zero-order chi connectivity index (χ0) is 25.3. The second-order valence-electron chi connectivity index (χ2n) is 8.19. The smallest absolute Gasteiger partial charge is 0.400 e. The number of aliphatic hydroxyl groups is 1. The number of hydrogen-bond acceptors (Lipinski definition) is 3. The van der Waals surface area contributed by atoms with Crippen LogP contribution in [0.15, 0.2) is 91.3 Å². The van der Waals surface area contributed by atoms with Gasteiger partial charge in [0.25, 0.3) is 0 Å². The summed E-state index contributed by atoms with van der Waals surface area (Å²) in [7, 11) is 1.00. The van der Waals surface area contributed by atoms with Gasteiger partial charge in [-0.15, -0.1) is 0 Å². The van der Waals surface area contributed by atoms with Gasteiger partial charge in [0.2, 0.25) is 0 Å². The van der Waals surface area contributed by atoms with Gasteiger partial charge in [-0.2, -0.15) is 13.2 Å². The molecule has 0 saturated carbocycles. The Hall–Kier alpha value is -3.25. The number of benzene rings is 2. The second kappa shape index (κ2) is 12.3. The highest BCUT2D eigenvalue weighted by molar-refractivity contribution is 5.75. The maximum absolute atomic E-state index is 13.6. The fourth-order valence-corrected chi connectivity index (χ4v) is 3.68. The van der Waals surface area contributed by atoms with Crippen molar-refractivity contribution in [2.45, 2.75) is 33.1 Å². The van der Waals surface area contributed by atoms with Crippen LogP contribution in [0.4, 0.5) is 13.2 Å². The first kappa shape index (κ1) is 27.0. The summed E-state index contributed by atoms with van der Waals surface area (Å²) >= 11 is 0. The van der Waals surface area contributed by atoms with Crippen molar-refractivity contribution in [1.82, 2.24) is 10.2 Å². The predicted molar refractivity (Wildman–Crippen MR) is 134 cm³/mol. The maximum atomic E-state index is 13.6. The molecule has 0 aromatic heterocycles. The molecule has 0 fully saturated rings. The molecule has 0 amide bonds. The molecule has 1 heterocycles. The molecule has 1 atom stereocenters. The van der Waals surface area contributed by atoms with Gasteiger partial charge in [-0.3, -0.25) is 0 Å². The summed E-state index contributed by atoms with van der Waals surface area (Å²) in [6.45, 7) is 10.3. The Morgan fingerprint density at radius 3 is 2.35 bits per heavy atom. The molecule has 3 nitrogen and oxygen atoms in total. The number of halogens is 3. The Morgan fingerprint density at radius 2 is 1.76 bits per heavy atom.